The Hall–Kier alpha value is -3.78. The van der Waals surface area contributed by atoms with E-state index in [0.29, 0.717) is 6.34 Å². The van der Waals surface area contributed by atoms with Gasteiger partial charge in [-0.1, -0.05) is 0 Å². The van der Waals surface area contributed by atoms with E-state index in [0.717, 1.165) is 12.1 Å². The van der Waals surface area contributed by atoms with E-state index in [2.05, 4.69) is 15.3 Å². The molecule has 1 aromatic rings. The van der Waals surface area contributed by atoms with Crippen LogP contribution in [0.4, 0.5) is 5.69 Å². The first-order valence-corrected chi connectivity index (χ1v) is 15.2. The monoisotopic (exact) mass is 717 g/mol. The second-order valence-electron chi connectivity index (χ2n) is 11.9. The van der Waals surface area contributed by atoms with Gasteiger partial charge in [0, 0.05) is 11.8 Å². The first-order chi connectivity index (χ1) is 23.5. The highest BCUT2D eigenvalue weighted by Gasteiger charge is 2.68. The van der Waals surface area contributed by atoms with Gasteiger partial charge in [-0.3, -0.25) is 9.79 Å². The number of nitrogen functional groups attached to an aromatic ring is 1. The summed E-state index contributed by atoms with van der Waals surface area (Å²) in [5, 5.41) is 89.7. The van der Waals surface area contributed by atoms with Crippen LogP contribution >= 0.6 is 0 Å². The van der Waals surface area contributed by atoms with E-state index in [-0.39, 0.29) is 12.0 Å². The van der Waals surface area contributed by atoms with Gasteiger partial charge in [-0.15, -0.1) is 0 Å². The fourth-order valence-corrected chi connectivity index (χ4v) is 6.12. The maximum Gasteiger partial charge on any atom is 0.344 e. The largest absolute Gasteiger partial charge is 0.507 e. The van der Waals surface area contributed by atoms with Crippen molar-refractivity contribution in [2.45, 2.75) is 97.8 Å². The number of hydrogen-bond donors (Lipinski definition) is 13. The third kappa shape index (κ3) is 6.92. The molecule has 0 bridgehead atoms. The number of phenols is 1. The minimum absolute atomic E-state index is 0.0310. The molecule has 0 amide bonds. The maximum atomic E-state index is 13.7. The molecule has 3 aliphatic rings. The van der Waals surface area contributed by atoms with Crippen molar-refractivity contribution in [3.8, 4) is 5.75 Å². The zero-order valence-corrected chi connectivity index (χ0v) is 26.7. The van der Waals surface area contributed by atoms with Gasteiger partial charge in [0.05, 0.1) is 25.1 Å². The van der Waals surface area contributed by atoms with Crippen LogP contribution in [-0.2, 0) is 28.5 Å². The number of benzene rings is 1. The minimum atomic E-state index is -3.13. The molecule has 4 rings (SSSR count). The topological polar surface area (TPSA) is 383 Å². The Morgan fingerprint density at radius 3 is 2.32 bits per heavy atom. The number of guanidine groups is 1. The summed E-state index contributed by atoms with van der Waals surface area (Å²) in [7, 11) is 1.36. The Kier molecular flexibility index (Phi) is 11.9. The van der Waals surface area contributed by atoms with Crippen molar-refractivity contribution in [2.24, 2.45) is 27.2 Å². The number of carbonyl (C=O) groups is 2. The molecule has 22 heteroatoms. The molecule has 280 valence electrons. The van der Waals surface area contributed by atoms with Crippen LogP contribution in [0.5, 0.6) is 5.75 Å². The summed E-state index contributed by atoms with van der Waals surface area (Å²) in [5.41, 5.74) is 19.2. The number of esters is 1. The summed E-state index contributed by atoms with van der Waals surface area (Å²) < 4.78 is 29.0. The molecule has 15 atom stereocenters. The van der Waals surface area contributed by atoms with Crippen molar-refractivity contribution < 1.29 is 74.1 Å². The number of anilines is 1. The summed E-state index contributed by atoms with van der Waals surface area (Å²) in [6.07, 6.45) is -17.9. The first-order valence-electron chi connectivity index (χ1n) is 15.2. The molecule has 3 fully saturated rings. The van der Waals surface area contributed by atoms with Crippen LogP contribution < -0.4 is 28.3 Å². The lowest BCUT2D eigenvalue weighted by molar-refractivity contribution is -0.373. The summed E-state index contributed by atoms with van der Waals surface area (Å²) in [4.78, 5) is 33.8. The highest BCUT2D eigenvalue weighted by molar-refractivity contribution is 5.93. The Labute approximate surface area is 283 Å². The fraction of sp³-hybridized carbons (Fsp3) is 0.643. The predicted molar refractivity (Wildman–Crippen MR) is 167 cm³/mol. The number of aromatic hydroxyl groups is 1. The average Bonchev–Trinajstić information content (AvgIpc) is 3.29. The first kappa shape index (κ1) is 39.0. The van der Waals surface area contributed by atoms with E-state index in [1.54, 1.807) is 0 Å². The molecule has 1 aliphatic carbocycles. The summed E-state index contributed by atoms with van der Waals surface area (Å²) in [6, 6.07) is -1.78. The van der Waals surface area contributed by atoms with Gasteiger partial charge in [0.2, 0.25) is 0 Å². The number of aliphatic hydroxyl groups excluding tert-OH is 6. The molecule has 17 N–H and O–H groups in total. The molecule has 2 saturated heterocycles. The van der Waals surface area contributed by atoms with Crippen molar-refractivity contribution in [1.29, 1.82) is 0 Å². The van der Waals surface area contributed by atoms with E-state index in [9.17, 15) is 50.4 Å². The molecule has 0 unspecified atom stereocenters. The van der Waals surface area contributed by atoms with Crippen molar-refractivity contribution in [3.63, 3.8) is 0 Å². The van der Waals surface area contributed by atoms with Crippen molar-refractivity contribution in [3.05, 3.63) is 23.8 Å². The molecular formula is C28H43N7O15. The van der Waals surface area contributed by atoms with Crippen LogP contribution in [0.15, 0.2) is 28.2 Å². The van der Waals surface area contributed by atoms with Gasteiger partial charge in [-0.25, -0.2) is 9.79 Å². The van der Waals surface area contributed by atoms with Crippen LogP contribution in [-0.4, -0.2) is 170 Å². The third-order valence-corrected chi connectivity index (χ3v) is 8.89. The number of nitrogens with zero attached hydrogens (tertiary/aromatic N) is 2. The highest BCUT2D eigenvalue weighted by Crippen LogP contribution is 2.44. The summed E-state index contributed by atoms with van der Waals surface area (Å²) >= 11 is 0. The van der Waals surface area contributed by atoms with Gasteiger partial charge in [0.15, 0.2) is 30.4 Å². The van der Waals surface area contributed by atoms with Gasteiger partial charge >= 0.3 is 5.97 Å². The Morgan fingerprint density at radius 1 is 1.08 bits per heavy atom. The number of nitrogens with two attached hydrogens (primary N) is 4. The highest BCUT2D eigenvalue weighted by atomic mass is 16.8. The number of nitrogens with one attached hydrogen (secondary N) is 1. The number of aldehydes is 1. The number of hydrogen-bond acceptors (Lipinski definition) is 19. The van der Waals surface area contributed by atoms with Crippen LogP contribution in [0.3, 0.4) is 0 Å². The second-order valence-corrected chi connectivity index (χ2v) is 11.9. The molecule has 1 aromatic carbocycles. The van der Waals surface area contributed by atoms with Gasteiger partial charge in [0.1, 0.15) is 66.1 Å². The fourth-order valence-electron chi connectivity index (χ4n) is 6.12. The second kappa shape index (κ2) is 15.2. The lowest BCUT2D eigenvalue weighted by Gasteiger charge is -2.51. The quantitative estimate of drug-likeness (QED) is 0.0252. The molecule has 0 radical (unpaired) electrons. The van der Waals surface area contributed by atoms with Crippen molar-refractivity contribution in [1.82, 2.24) is 5.32 Å². The lowest BCUT2D eigenvalue weighted by atomic mass is 9.78. The molecule has 1 saturated carbocycles. The van der Waals surface area contributed by atoms with E-state index in [4.69, 9.17) is 46.6 Å². The van der Waals surface area contributed by atoms with Crippen LogP contribution in [0.1, 0.15) is 17.3 Å². The van der Waals surface area contributed by atoms with Crippen LogP contribution in [0.2, 0.25) is 0 Å². The zero-order valence-electron chi connectivity index (χ0n) is 26.7. The SMILES string of the molecule is CN[C@@H]1[C@H](O[C@H]2[C@H](O[C@]3(OC(=O)c4ccc(N)cc4O)[C@H](O)[C@@H](O)[C@H](N=CN)[C@@H](O)[C@@H]3N=C(N)N)O[C@@H](C)[C@]2(O)C=O)O[C@@H](CO)[C@H](O)[C@H]1O. The molecule has 2 heterocycles. The van der Waals surface area contributed by atoms with Crippen molar-refractivity contribution >= 4 is 30.2 Å². The molecule has 0 aromatic heterocycles. The maximum absolute atomic E-state index is 13.7. The number of aliphatic hydroxyl groups is 7. The van der Waals surface area contributed by atoms with E-state index in [1.165, 1.54) is 20.0 Å². The molecule has 0 spiro atoms. The minimum Gasteiger partial charge on any atom is -0.507 e. The number of rotatable bonds is 11. The van der Waals surface area contributed by atoms with Gasteiger partial charge < -0.3 is 92.8 Å². The molecule has 2 aliphatic heterocycles. The third-order valence-electron chi connectivity index (χ3n) is 8.89. The normalized spacial score (nSPS) is 41.9. The zero-order chi connectivity index (χ0) is 37.3. The average molecular weight is 718 g/mol. The van der Waals surface area contributed by atoms with E-state index in [1.807, 2.05) is 0 Å². The predicted octanol–water partition coefficient (Wildman–Crippen LogP) is -6.98. The van der Waals surface area contributed by atoms with E-state index < -0.39 is 121 Å². The van der Waals surface area contributed by atoms with Gasteiger partial charge in [-0.05, 0) is 26.1 Å². The van der Waals surface area contributed by atoms with E-state index >= 15 is 0 Å². The number of likely N-dealkylation sites (N-methyl/N-ethyl adjacent to an activating group) is 1. The van der Waals surface area contributed by atoms with Crippen LogP contribution in [0, 0.1) is 0 Å². The Balaban J connectivity index is 1.87. The standard InChI is InChI=1S/C28H43N7O15/c1-9-27(45,7-37)22(48-24-15(33-2)17(40)16(39)13(6-36)47-24)25(46-9)50-28(49-23(44)11-4-3-10(30)5-12(11)38)20(35-26(31)32)18(41)14(34-8-29)19(42)21(28)43/h3-5,7-9,13-22,24-25,33,36,38-43,45H,6,30H2,1-2H3,(H2,29,34)(H4,31,32,35)/t9-,13-,14+,15-,16-,17-,18+,19-,20-,21+,22-,24-,25-,27+,28-/m0/s1. The van der Waals surface area contributed by atoms with Crippen molar-refractivity contribution in [2.75, 3.05) is 19.4 Å². The smallest absolute Gasteiger partial charge is 0.344 e. The Morgan fingerprint density at radius 2 is 1.76 bits per heavy atom. The summed E-state index contributed by atoms with van der Waals surface area (Å²) in [5.74, 6) is -6.05. The molecule has 22 nitrogen and oxygen atoms in total. The van der Waals surface area contributed by atoms with Crippen LogP contribution in [0.25, 0.3) is 0 Å². The van der Waals surface area contributed by atoms with Gasteiger partial charge in [-0.2, -0.15) is 0 Å². The summed E-state index contributed by atoms with van der Waals surface area (Å²) in [6.45, 7) is 0.418. The Bertz CT molecular complexity index is 1440. The number of ether oxygens (including phenoxy) is 5. The molecular weight excluding hydrogens is 674 g/mol. The number of aliphatic imine (C=N–C) groups is 2. The number of carbonyl (C=O) groups excluding carboxylic acids is 2. The molecule has 50 heavy (non-hydrogen) atoms. The van der Waals surface area contributed by atoms with Gasteiger partial charge in [0.25, 0.3) is 5.79 Å². The lowest BCUT2D eigenvalue weighted by Crippen LogP contribution is -2.73. The number of phenolic OH excluding ortho intramolecular Hbond substituents is 1.